The molecule has 4 rings (SSSR count). The molecule has 7 nitrogen and oxygen atoms in total. The fourth-order valence-corrected chi connectivity index (χ4v) is 7.53. The number of nitrogens with zero attached hydrogens (tertiary/aromatic N) is 4. The van der Waals surface area contributed by atoms with E-state index in [0.29, 0.717) is 39.6 Å². The quantitative estimate of drug-likeness (QED) is 0.103. The molecule has 12 heteroatoms. The number of rotatable bonds is 14. The van der Waals surface area contributed by atoms with Crippen LogP contribution >= 0.6 is 46.4 Å². The number of fused-ring (bicyclic) bond motifs is 2. The van der Waals surface area contributed by atoms with Crippen LogP contribution in [0.15, 0.2) is 42.2 Å². The number of hydrogen-bond donors (Lipinski definition) is 1. The zero-order chi connectivity index (χ0) is 32.2. The second kappa shape index (κ2) is 15.1. The molecule has 1 atom stereocenters. The number of halogens is 4. The molecule has 0 bridgehead atoms. The van der Waals surface area contributed by atoms with Crippen molar-refractivity contribution in [3.8, 4) is 0 Å². The summed E-state index contributed by atoms with van der Waals surface area (Å²) in [6, 6.07) is 7.48. The number of aryl methyl sites for hydroxylation is 2. The molecule has 1 N–H and O–H groups in total. The molecule has 1 aliphatic rings. The summed E-state index contributed by atoms with van der Waals surface area (Å²) in [5, 5.41) is 1.04. The topological polar surface area (TPSA) is 69.7 Å². The minimum Gasteiger partial charge on any atom is -0.326 e. The van der Waals surface area contributed by atoms with Crippen LogP contribution in [0, 0.1) is 0 Å². The third-order valence-corrected chi connectivity index (χ3v) is 11.0. The molecule has 1 aliphatic heterocycles. The van der Waals surface area contributed by atoms with E-state index in [2.05, 4.69) is 52.7 Å². The van der Waals surface area contributed by atoms with Crippen LogP contribution in [0.2, 0.25) is 20.1 Å². The second-order valence-electron chi connectivity index (χ2n) is 10.9. The maximum Gasteiger partial charge on any atom is 0.282 e. The predicted octanol–water partition coefficient (Wildman–Crippen LogP) is 9.40. The van der Waals surface area contributed by atoms with Gasteiger partial charge in [0.1, 0.15) is 5.82 Å². The van der Waals surface area contributed by atoms with Crippen LogP contribution in [0.5, 0.6) is 0 Å². The lowest BCUT2D eigenvalue weighted by Crippen LogP contribution is -2.39. The van der Waals surface area contributed by atoms with Gasteiger partial charge in [0.15, 0.2) is 11.0 Å². The summed E-state index contributed by atoms with van der Waals surface area (Å²) in [5.74, 6) is 1.86. The zero-order valence-electron chi connectivity index (χ0n) is 25.7. The van der Waals surface area contributed by atoms with Crippen LogP contribution in [0.4, 0.5) is 11.4 Å². The molecule has 0 spiro atoms. The first kappa shape index (κ1) is 34.9. The first-order valence-electron chi connectivity index (χ1n) is 15.3. The van der Waals surface area contributed by atoms with Crippen molar-refractivity contribution in [3.05, 3.63) is 68.2 Å². The molecule has 1 aromatic heterocycles. The Morgan fingerprint density at radius 1 is 0.818 bits per heavy atom. The number of allylic oxidation sites excluding steroid dienone is 2. The van der Waals surface area contributed by atoms with Crippen LogP contribution < -0.4 is 14.4 Å². The zero-order valence-corrected chi connectivity index (χ0v) is 29.5. The Balaban J connectivity index is 1.76. The van der Waals surface area contributed by atoms with Crippen molar-refractivity contribution in [1.82, 2.24) is 4.57 Å². The summed E-state index contributed by atoms with van der Waals surface area (Å²) in [7, 11) is -4.21. The second-order valence-corrected chi connectivity index (χ2v) is 14.2. The highest BCUT2D eigenvalue weighted by atomic mass is 35.5. The van der Waals surface area contributed by atoms with E-state index in [1.54, 1.807) is 0 Å². The van der Waals surface area contributed by atoms with Gasteiger partial charge in [-0.15, -0.1) is 0 Å². The Kier molecular flexibility index (Phi) is 12.0. The summed E-state index contributed by atoms with van der Waals surface area (Å²) < 4.78 is 39.0. The molecular formula is C32H41Cl4N4O3S+. The van der Waals surface area contributed by atoms with Gasteiger partial charge in [-0.2, -0.15) is 8.42 Å². The standard InChI is InChI=1S/C32H40Cl4N4O3S/c1-5-9-10-11-13-22(44(41,42)43)16-17-40-30-21-26(36)25(35)20-29(30)39(8-4)32(40)15-12-14-31-37(6-2)27-18-23(33)24(34)19-28(27)38(31)7-3/h12,14-15,18-22H,5-11,13,16-17H2,1-4H3/p+1/t22-/m1/s1. The fourth-order valence-electron chi connectivity index (χ4n) is 6.03. The minimum absolute atomic E-state index is 0.269. The number of anilines is 2. The molecule has 0 aliphatic carbocycles. The van der Waals surface area contributed by atoms with Crippen molar-refractivity contribution in [2.45, 2.75) is 84.6 Å². The molecule has 0 amide bonds. The van der Waals surface area contributed by atoms with Crippen LogP contribution in [-0.2, 0) is 23.2 Å². The average Bonchev–Trinajstić information content (AvgIpc) is 3.42. The van der Waals surface area contributed by atoms with Gasteiger partial charge in [0, 0.05) is 37.7 Å². The average molecular weight is 704 g/mol. The molecule has 0 unspecified atom stereocenters. The summed E-state index contributed by atoms with van der Waals surface area (Å²) in [6.45, 7) is 10.8. The largest absolute Gasteiger partial charge is 0.326 e. The van der Waals surface area contributed by atoms with Gasteiger partial charge < -0.3 is 9.80 Å². The van der Waals surface area contributed by atoms with Gasteiger partial charge in [-0.05, 0) is 45.4 Å². The van der Waals surface area contributed by atoms with Crippen LogP contribution in [0.1, 0.15) is 72.0 Å². The van der Waals surface area contributed by atoms with E-state index < -0.39 is 15.4 Å². The molecule has 0 saturated carbocycles. The first-order valence-corrected chi connectivity index (χ1v) is 18.3. The number of imidazole rings is 1. The smallest absolute Gasteiger partial charge is 0.282 e. The predicted molar refractivity (Wildman–Crippen MR) is 186 cm³/mol. The van der Waals surface area contributed by atoms with Gasteiger partial charge in [-0.3, -0.25) is 4.55 Å². The van der Waals surface area contributed by atoms with Gasteiger partial charge in [0.2, 0.25) is 0 Å². The van der Waals surface area contributed by atoms with Gasteiger partial charge in [0.05, 0.1) is 49.8 Å². The number of aromatic nitrogens is 2. The Morgan fingerprint density at radius 3 is 1.95 bits per heavy atom. The Hall–Kier alpha value is -1.94. The SMILES string of the molecule is CCCCCC[C@H](CC[n+]1c(C=CC=C2N(CC)c3cc(Cl)c(Cl)cc3N2CC)n(CC)c2cc(Cl)c(Cl)cc21)S(=O)(=O)O. The third kappa shape index (κ3) is 7.37. The molecule has 3 aromatic rings. The lowest BCUT2D eigenvalue weighted by atomic mass is 10.1. The maximum absolute atomic E-state index is 12.4. The van der Waals surface area contributed by atoms with E-state index in [-0.39, 0.29) is 6.42 Å². The van der Waals surface area contributed by atoms with Crippen molar-refractivity contribution in [2.24, 2.45) is 0 Å². The molecular weight excluding hydrogens is 662 g/mol. The van der Waals surface area contributed by atoms with E-state index in [9.17, 15) is 13.0 Å². The van der Waals surface area contributed by atoms with Crippen molar-refractivity contribution >= 4 is 85.0 Å². The molecule has 2 heterocycles. The van der Waals surface area contributed by atoms with Crippen LogP contribution in [0.25, 0.3) is 17.1 Å². The Bertz CT molecular complexity index is 1630. The Morgan fingerprint density at radius 2 is 1.41 bits per heavy atom. The highest BCUT2D eigenvalue weighted by Crippen LogP contribution is 2.45. The van der Waals surface area contributed by atoms with Crippen LogP contribution in [-0.4, -0.2) is 35.9 Å². The van der Waals surface area contributed by atoms with E-state index in [0.717, 1.165) is 72.8 Å². The fraction of sp³-hybridized carbons (Fsp3) is 0.469. The first-order chi connectivity index (χ1) is 21.0. The summed E-state index contributed by atoms with van der Waals surface area (Å²) in [4.78, 5) is 4.40. The van der Waals surface area contributed by atoms with Gasteiger partial charge in [-0.25, -0.2) is 9.13 Å². The van der Waals surface area contributed by atoms with Gasteiger partial charge in [-0.1, -0.05) is 85.1 Å². The molecule has 0 fully saturated rings. The van der Waals surface area contributed by atoms with Crippen molar-refractivity contribution in [1.29, 1.82) is 0 Å². The lowest BCUT2D eigenvalue weighted by molar-refractivity contribution is -0.674. The maximum atomic E-state index is 12.4. The minimum atomic E-state index is -4.21. The monoisotopic (exact) mass is 701 g/mol. The summed E-state index contributed by atoms with van der Waals surface area (Å²) in [5.41, 5.74) is 3.74. The van der Waals surface area contributed by atoms with E-state index in [1.807, 2.05) is 36.4 Å². The van der Waals surface area contributed by atoms with E-state index >= 15 is 0 Å². The van der Waals surface area contributed by atoms with Crippen molar-refractivity contribution in [2.75, 3.05) is 22.9 Å². The van der Waals surface area contributed by atoms with E-state index in [1.165, 1.54) is 0 Å². The summed E-state index contributed by atoms with van der Waals surface area (Å²) in [6.07, 6.45) is 10.6. The third-order valence-electron chi connectivity index (χ3n) is 8.22. The molecule has 0 saturated heterocycles. The normalized spacial score (nSPS) is 14.3. The highest BCUT2D eigenvalue weighted by molar-refractivity contribution is 7.86. The van der Waals surface area contributed by atoms with E-state index in [4.69, 9.17) is 46.4 Å². The Labute approximate surface area is 281 Å². The molecule has 0 radical (unpaired) electrons. The van der Waals surface area contributed by atoms with Crippen molar-refractivity contribution in [3.63, 3.8) is 0 Å². The number of benzene rings is 2. The molecule has 240 valence electrons. The van der Waals surface area contributed by atoms with Crippen LogP contribution in [0.3, 0.4) is 0 Å². The highest BCUT2D eigenvalue weighted by Gasteiger charge is 2.31. The lowest BCUT2D eigenvalue weighted by Gasteiger charge is -2.23. The summed E-state index contributed by atoms with van der Waals surface area (Å²) >= 11 is 25.7. The van der Waals surface area contributed by atoms with Crippen molar-refractivity contribution < 1.29 is 17.5 Å². The van der Waals surface area contributed by atoms with Gasteiger partial charge in [0.25, 0.3) is 15.9 Å². The number of hydrogen-bond acceptors (Lipinski definition) is 4. The number of unbranched alkanes of at least 4 members (excludes halogenated alkanes) is 3. The van der Waals surface area contributed by atoms with Gasteiger partial charge >= 0.3 is 0 Å². The molecule has 44 heavy (non-hydrogen) atoms. The molecule has 2 aromatic carbocycles.